The van der Waals surface area contributed by atoms with Crippen LogP contribution >= 0.6 is 11.6 Å². The maximum Gasteiger partial charge on any atom is 0.159 e. The maximum absolute atomic E-state index is 6.49. The summed E-state index contributed by atoms with van der Waals surface area (Å²) in [5, 5.41) is 9.66. The molecule has 2 heterocycles. The Balaban J connectivity index is 1.58. The van der Waals surface area contributed by atoms with Crippen molar-refractivity contribution in [3.8, 4) is 5.69 Å². The summed E-state index contributed by atoms with van der Waals surface area (Å²) < 4.78 is 2.17. The third-order valence-electron chi connectivity index (χ3n) is 5.38. The van der Waals surface area contributed by atoms with E-state index < -0.39 is 0 Å². The van der Waals surface area contributed by atoms with Crippen molar-refractivity contribution in [1.82, 2.24) is 19.7 Å². The zero-order valence-electron chi connectivity index (χ0n) is 15.8. The number of para-hydroxylation sites is 1. The Bertz CT molecular complexity index is 1050. The number of aromatic nitrogens is 3. The minimum absolute atomic E-state index is 0.481. The molecular weight excluding hydrogens is 370 g/mol. The number of nitrogens with zero attached hydrogens (tertiary/aromatic N) is 5. The van der Waals surface area contributed by atoms with Crippen molar-refractivity contribution >= 4 is 17.3 Å². The van der Waals surface area contributed by atoms with Gasteiger partial charge in [-0.25, -0.2) is 0 Å². The third-order valence-corrected chi connectivity index (χ3v) is 5.71. The lowest BCUT2D eigenvalue weighted by atomic mass is 10.0. The second-order valence-electron chi connectivity index (χ2n) is 7.67. The number of aliphatic imine (C=N–C) groups is 1. The highest BCUT2D eigenvalue weighted by atomic mass is 35.5. The molecule has 0 radical (unpaired) electrons. The van der Waals surface area contributed by atoms with E-state index in [1.165, 1.54) is 12.8 Å². The first-order valence-corrected chi connectivity index (χ1v) is 10.1. The van der Waals surface area contributed by atoms with Gasteiger partial charge in [0, 0.05) is 22.7 Å². The van der Waals surface area contributed by atoms with Crippen LogP contribution in [0.25, 0.3) is 5.69 Å². The fraction of sp³-hybridized carbons (Fsp3) is 0.318. The second-order valence-corrected chi connectivity index (χ2v) is 8.08. The van der Waals surface area contributed by atoms with Crippen LogP contribution in [-0.4, -0.2) is 39.0 Å². The van der Waals surface area contributed by atoms with Crippen molar-refractivity contribution in [3.63, 3.8) is 0 Å². The van der Waals surface area contributed by atoms with Gasteiger partial charge in [0.15, 0.2) is 11.6 Å². The molecule has 3 aromatic rings. The van der Waals surface area contributed by atoms with Crippen LogP contribution in [-0.2, 0) is 13.1 Å². The molecule has 2 aromatic carbocycles. The van der Waals surface area contributed by atoms with Gasteiger partial charge in [-0.15, -0.1) is 10.2 Å². The molecule has 2 aliphatic rings. The number of benzene rings is 2. The number of halogens is 1. The van der Waals surface area contributed by atoms with Crippen LogP contribution in [0.1, 0.15) is 35.6 Å². The smallest absolute Gasteiger partial charge is 0.159 e. The second kappa shape index (κ2) is 7.15. The molecule has 0 spiro atoms. The summed E-state index contributed by atoms with van der Waals surface area (Å²) >= 11 is 6.49. The third kappa shape index (κ3) is 3.25. The summed E-state index contributed by atoms with van der Waals surface area (Å²) in [6.45, 7) is 2.37. The average molecular weight is 392 g/mol. The van der Waals surface area contributed by atoms with Gasteiger partial charge in [0.1, 0.15) is 6.54 Å². The Morgan fingerprint density at radius 2 is 1.79 bits per heavy atom. The predicted molar refractivity (Wildman–Crippen MR) is 111 cm³/mol. The molecule has 1 aliphatic heterocycles. The molecule has 5 nitrogen and oxygen atoms in total. The van der Waals surface area contributed by atoms with Gasteiger partial charge in [0.05, 0.1) is 17.9 Å². The van der Waals surface area contributed by atoms with Gasteiger partial charge in [-0.2, -0.15) is 0 Å². The Labute approximate surface area is 169 Å². The van der Waals surface area contributed by atoms with E-state index in [1.54, 1.807) is 0 Å². The molecule has 0 bridgehead atoms. The number of hydrogen-bond donors (Lipinski definition) is 0. The van der Waals surface area contributed by atoms with Crippen molar-refractivity contribution in [3.05, 3.63) is 76.3 Å². The molecule has 142 valence electrons. The van der Waals surface area contributed by atoms with Crippen LogP contribution in [0.5, 0.6) is 0 Å². The molecule has 0 amide bonds. The zero-order valence-corrected chi connectivity index (χ0v) is 16.6. The van der Waals surface area contributed by atoms with Crippen molar-refractivity contribution in [1.29, 1.82) is 0 Å². The largest absolute Gasteiger partial charge is 0.299 e. The Hall–Kier alpha value is -2.50. The number of fused-ring (bicyclic) bond motifs is 3. The van der Waals surface area contributed by atoms with Crippen molar-refractivity contribution in [2.24, 2.45) is 10.9 Å². The lowest BCUT2D eigenvalue weighted by molar-refractivity contribution is 0.303. The van der Waals surface area contributed by atoms with Crippen LogP contribution in [0.4, 0.5) is 0 Å². The van der Waals surface area contributed by atoms with Crippen LogP contribution < -0.4 is 0 Å². The van der Waals surface area contributed by atoms with Gasteiger partial charge in [-0.3, -0.25) is 14.5 Å². The SMILES string of the molecule is CN(Cc1nnc2n1-c1ccccc1C(c1ccccc1Cl)=NC2)CC1CC1. The summed E-state index contributed by atoms with van der Waals surface area (Å²) in [6, 6.07) is 16.2. The highest BCUT2D eigenvalue weighted by Crippen LogP contribution is 2.31. The Morgan fingerprint density at radius 3 is 2.57 bits per heavy atom. The fourth-order valence-corrected chi connectivity index (χ4v) is 4.10. The van der Waals surface area contributed by atoms with Crippen LogP contribution in [0.15, 0.2) is 53.5 Å². The van der Waals surface area contributed by atoms with E-state index in [0.29, 0.717) is 11.6 Å². The normalized spacial score (nSPS) is 15.8. The Kier molecular flexibility index (Phi) is 4.49. The van der Waals surface area contributed by atoms with Gasteiger partial charge < -0.3 is 0 Å². The monoisotopic (exact) mass is 391 g/mol. The molecule has 0 N–H and O–H groups in total. The lowest BCUT2D eigenvalue weighted by Crippen LogP contribution is -2.23. The van der Waals surface area contributed by atoms with Gasteiger partial charge in [0.25, 0.3) is 0 Å². The van der Waals surface area contributed by atoms with Gasteiger partial charge in [-0.1, -0.05) is 48.0 Å². The minimum Gasteiger partial charge on any atom is -0.299 e. The average Bonchev–Trinajstić information content (AvgIpc) is 3.45. The summed E-state index contributed by atoms with van der Waals surface area (Å²) in [5.41, 5.74) is 3.97. The standard InChI is InChI=1S/C22H22ClN5/c1-27(13-15-10-11-15)14-21-26-25-20-12-24-22(16-6-2-4-8-18(16)23)17-7-3-5-9-19(17)28(20)21/h2-9,15H,10-14H2,1H3. The molecule has 6 heteroatoms. The first kappa shape index (κ1) is 17.6. The summed E-state index contributed by atoms with van der Waals surface area (Å²) in [7, 11) is 2.16. The van der Waals surface area contributed by atoms with E-state index in [4.69, 9.17) is 16.6 Å². The molecule has 0 atom stereocenters. The molecule has 1 aliphatic carbocycles. The molecule has 0 unspecified atom stereocenters. The van der Waals surface area contributed by atoms with Gasteiger partial charge >= 0.3 is 0 Å². The molecule has 1 fully saturated rings. The van der Waals surface area contributed by atoms with Crippen LogP contribution in [0.3, 0.4) is 0 Å². The molecule has 0 saturated heterocycles. The van der Waals surface area contributed by atoms with Crippen LogP contribution in [0.2, 0.25) is 5.02 Å². The summed E-state index contributed by atoms with van der Waals surface area (Å²) in [4.78, 5) is 7.23. The van der Waals surface area contributed by atoms with Gasteiger partial charge in [-0.05, 0) is 37.9 Å². The Morgan fingerprint density at radius 1 is 1.04 bits per heavy atom. The van der Waals surface area contributed by atoms with Crippen molar-refractivity contribution < 1.29 is 0 Å². The first-order valence-electron chi connectivity index (χ1n) is 9.71. The highest BCUT2D eigenvalue weighted by Gasteiger charge is 2.26. The summed E-state index contributed by atoms with van der Waals surface area (Å²) in [5.74, 6) is 2.67. The molecule has 1 saturated carbocycles. The molecular formula is C22H22ClN5. The summed E-state index contributed by atoms with van der Waals surface area (Å²) in [6.07, 6.45) is 2.69. The highest BCUT2D eigenvalue weighted by molar-refractivity contribution is 6.35. The lowest BCUT2D eigenvalue weighted by Gasteiger charge is -2.18. The van der Waals surface area contributed by atoms with E-state index in [0.717, 1.165) is 53.2 Å². The number of rotatable bonds is 5. The van der Waals surface area contributed by atoms with E-state index in [-0.39, 0.29) is 0 Å². The maximum atomic E-state index is 6.49. The van der Waals surface area contributed by atoms with E-state index in [9.17, 15) is 0 Å². The first-order chi connectivity index (χ1) is 13.7. The van der Waals surface area contributed by atoms with Crippen molar-refractivity contribution in [2.45, 2.75) is 25.9 Å². The van der Waals surface area contributed by atoms with E-state index >= 15 is 0 Å². The topological polar surface area (TPSA) is 46.3 Å². The van der Waals surface area contributed by atoms with Crippen molar-refractivity contribution in [2.75, 3.05) is 13.6 Å². The predicted octanol–water partition coefficient (Wildman–Crippen LogP) is 4.11. The quantitative estimate of drug-likeness (QED) is 0.657. The fourth-order valence-electron chi connectivity index (χ4n) is 3.87. The van der Waals surface area contributed by atoms with E-state index in [2.05, 4.69) is 44.9 Å². The van der Waals surface area contributed by atoms with E-state index in [1.807, 2.05) is 30.3 Å². The molecule has 5 rings (SSSR count). The molecule has 28 heavy (non-hydrogen) atoms. The van der Waals surface area contributed by atoms with Gasteiger partial charge in [0.2, 0.25) is 0 Å². The van der Waals surface area contributed by atoms with Crippen LogP contribution in [0, 0.1) is 5.92 Å². The zero-order chi connectivity index (χ0) is 19.1. The minimum atomic E-state index is 0.481. The molecule has 1 aromatic heterocycles. The number of hydrogen-bond acceptors (Lipinski definition) is 4.